The molecule has 0 unspecified atom stereocenters. The van der Waals surface area contributed by atoms with Crippen LogP contribution in [0.1, 0.15) is 13.8 Å². The minimum Gasteiger partial charge on any atom is -0.369 e. The predicted molar refractivity (Wildman–Crippen MR) is 40.9 cm³/mol. The monoisotopic (exact) mass is 171 g/mol. The van der Waals surface area contributed by atoms with Gasteiger partial charge in [0.2, 0.25) is 5.91 Å². The largest absolute Gasteiger partial charge is 0.369 e. The number of amides is 1. The van der Waals surface area contributed by atoms with E-state index < -0.39 is 5.41 Å². The Morgan fingerprint density at radius 2 is 2.00 bits per heavy atom. The second-order valence-electron chi connectivity index (χ2n) is 2.38. The van der Waals surface area contributed by atoms with Crippen molar-refractivity contribution in [3.8, 4) is 0 Å². The Hall–Kier alpha value is 0.0500. The van der Waals surface area contributed by atoms with E-state index in [4.69, 9.17) is 17.3 Å². The Balaban J connectivity index is 0. The van der Waals surface area contributed by atoms with Crippen LogP contribution in [0, 0.1) is 5.41 Å². The Morgan fingerprint density at radius 3 is 2.00 bits per heavy atom. The summed E-state index contributed by atoms with van der Waals surface area (Å²) < 4.78 is 0. The molecule has 0 aliphatic rings. The van der Waals surface area contributed by atoms with E-state index in [0.717, 1.165) is 0 Å². The molecule has 56 valence electrons. The maximum absolute atomic E-state index is 10.4. The highest BCUT2D eigenvalue weighted by Gasteiger charge is 2.22. The van der Waals surface area contributed by atoms with Crippen molar-refractivity contribution >= 4 is 29.9 Å². The number of carbonyl (C=O) groups excluding carboxylic acids is 1. The highest BCUT2D eigenvalue weighted by Crippen LogP contribution is 2.14. The molecule has 0 aliphatic heterocycles. The Kier molecular flexibility index (Phi) is 5.19. The molecule has 0 aromatic carbocycles. The molecule has 1 amide bonds. The zero-order valence-electron chi connectivity index (χ0n) is 5.48. The van der Waals surface area contributed by atoms with E-state index >= 15 is 0 Å². The van der Waals surface area contributed by atoms with Crippen LogP contribution in [0.3, 0.4) is 0 Å². The number of halogens is 2. The van der Waals surface area contributed by atoms with Crippen LogP contribution in [-0.2, 0) is 4.79 Å². The van der Waals surface area contributed by atoms with E-state index in [1.54, 1.807) is 13.8 Å². The second-order valence-corrected chi connectivity index (χ2v) is 2.65. The Morgan fingerprint density at radius 1 is 1.67 bits per heavy atom. The highest BCUT2D eigenvalue weighted by molar-refractivity contribution is 6.19. The van der Waals surface area contributed by atoms with Crippen molar-refractivity contribution in [2.45, 2.75) is 13.8 Å². The minimum absolute atomic E-state index is 0. The summed E-state index contributed by atoms with van der Waals surface area (Å²) in [4.78, 5) is 10.4. The summed E-state index contributed by atoms with van der Waals surface area (Å²) in [7, 11) is 0. The van der Waals surface area contributed by atoms with Crippen LogP contribution in [0.15, 0.2) is 0 Å². The number of hydrogen-bond donors (Lipinski definition) is 1. The number of nitrogens with two attached hydrogens (primary N) is 1. The average Bonchev–Trinajstić information content (AvgIpc) is 1.67. The first kappa shape index (κ1) is 11.8. The first-order chi connectivity index (χ1) is 3.50. The molecule has 0 fully saturated rings. The number of alkyl halides is 1. The number of primary amides is 1. The summed E-state index contributed by atoms with van der Waals surface area (Å²) in [5.74, 6) is -0.0741. The Bertz CT molecular complexity index is 103. The van der Waals surface area contributed by atoms with Crippen molar-refractivity contribution < 1.29 is 4.79 Å². The van der Waals surface area contributed by atoms with Gasteiger partial charge in [-0.25, -0.2) is 0 Å². The quantitative estimate of drug-likeness (QED) is 0.624. The highest BCUT2D eigenvalue weighted by atomic mass is 35.5. The van der Waals surface area contributed by atoms with Crippen LogP contribution in [0.4, 0.5) is 0 Å². The lowest BCUT2D eigenvalue weighted by Gasteiger charge is -2.14. The molecule has 0 spiro atoms. The molecule has 4 heteroatoms. The van der Waals surface area contributed by atoms with Gasteiger partial charge in [0, 0.05) is 5.88 Å². The van der Waals surface area contributed by atoms with Gasteiger partial charge in [0.25, 0.3) is 0 Å². The van der Waals surface area contributed by atoms with Gasteiger partial charge in [0.1, 0.15) is 0 Å². The van der Waals surface area contributed by atoms with Crippen molar-refractivity contribution in [3.63, 3.8) is 0 Å². The van der Waals surface area contributed by atoms with E-state index in [1.165, 1.54) is 0 Å². The molecule has 0 saturated carbocycles. The molecule has 0 bridgehead atoms. The molecule has 2 nitrogen and oxygen atoms in total. The molecule has 0 aromatic heterocycles. The molecule has 0 aromatic rings. The SMILES string of the molecule is CC(C)(CCl)C(N)=O.Cl. The van der Waals surface area contributed by atoms with E-state index in [1.807, 2.05) is 0 Å². The van der Waals surface area contributed by atoms with Crippen LogP contribution in [0.25, 0.3) is 0 Å². The van der Waals surface area contributed by atoms with Gasteiger partial charge in [0.05, 0.1) is 5.41 Å². The molecule has 0 atom stereocenters. The smallest absolute Gasteiger partial charge is 0.224 e. The van der Waals surface area contributed by atoms with Crippen LogP contribution in [0.2, 0.25) is 0 Å². The maximum atomic E-state index is 10.4. The van der Waals surface area contributed by atoms with Crippen molar-refractivity contribution in [3.05, 3.63) is 0 Å². The summed E-state index contributed by atoms with van der Waals surface area (Å²) >= 11 is 5.39. The topological polar surface area (TPSA) is 43.1 Å². The fraction of sp³-hybridized carbons (Fsp3) is 0.800. The van der Waals surface area contributed by atoms with Gasteiger partial charge in [-0.05, 0) is 13.8 Å². The predicted octanol–water partition coefficient (Wildman–Crippen LogP) is 1.16. The average molecular weight is 172 g/mol. The van der Waals surface area contributed by atoms with Crippen LogP contribution in [0.5, 0.6) is 0 Å². The molecular formula is C5H11Cl2NO. The fourth-order valence-corrected chi connectivity index (χ4v) is 0.198. The molecule has 2 N–H and O–H groups in total. The van der Waals surface area contributed by atoms with Gasteiger partial charge in [-0.15, -0.1) is 24.0 Å². The van der Waals surface area contributed by atoms with Crippen LogP contribution in [-0.4, -0.2) is 11.8 Å². The third-order valence-corrected chi connectivity index (χ3v) is 1.67. The number of rotatable bonds is 2. The number of carbonyl (C=O) groups is 1. The van der Waals surface area contributed by atoms with Crippen molar-refractivity contribution in [1.29, 1.82) is 0 Å². The molecule has 0 aliphatic carbocycles. The van der Waals surface area contributed by atoms with Gasteiger partial charge in [-0.3, -0.25) is 4.79 Å². The van der Waals surface area contributed by atoms with Crippen molar-refractivity contribution in [2.24, 2.45) is 11.1 Å². The molecule has 0 saturated heterocycles. The number of hydrogen-bond acceptors (Lipinski definition) is 1. The standard InChI is InChI=1S/C5H10ClNO.ClH/c1-5(2,3-6)4(7)8;/h3H2,1-2H3,(H2,7,8);1H. The summed E-state index contributed by atoms with van der Waals surface area (Å²) in [6.07, 6.45) is 0. The molecule has 0 rings (SSSR count). The molecule has 0 radical (unpaired) electrons. The zero-order valence-corrected chi connectivity index (χ0v) is 7.05. The summed E-state index contributed by atoms with van der Waals surface area (Å²) in [5.41, 5.74) is 4.40. The van der Waals surface area contributed by atoms with E-state index in [0.29, 0.717) is 0 Å². The second kappa shape index (κ2) is 3.96. The summed E-state index contributed by atoms with van der Waals surface area (Å²) in [6, 6.07) is 0. The van der Waals surface area contributed by atoms with Gasteiger partial charge in [-0.2, -0.15) is 0 Å². The first-order valence-corrected chi connectivity index (χ1v) is 2.90. The van der Waals surface area contributed by atoms with Gasteiger partial charge < -0.3 is 5.73 Å². The normalized spacial score (nSPS) is 10.1. The van der Waals surface area contributed by atoms with Gasteiger partial charge >= 0.3 is 0 Å². The molecule has 9 heavy (non-hydrogen) atoms. The fourth-order valence-electron chi connectivity index (χ4n) is 0.0659. The van der Waals surface area contributed by atoms with E-state index in [-0.39, 0.29) is 24.2 Å². The molecule has 0 heterocycles. The Labute approximate surface area is 66.2 Å². The molecular weight excluding hydrogens is 161 g/mol. The lowest BCUT2D eigenvalue weighted by atomic mass is 9.96. The van der Waals surface area contributed by atoms with E-state index in [2.05, 4.69) is 0 Å². The van der Waals surface area contributed by atoms with Crippen molar-refractivity contribution in [2.75, 3.05) is 5.88 Å². The first-order valence-electron chi connectivity index (χ1n) is 2.36. The lowest BCUT2D eigenvalue weighted by molar-refractivity contribution is -0.124. The third-order valence-electron chi connectivity index (χ3n) is 1.00. The van der Waals surface area contributed by atoms with E-state index in [9.17, 15) is 4.79 Å². The summed E-state index contributed by atoms with van der Waals surface area (Å²) in [5, 5.41) is 0. The van der Waals surface area contributed by atoms with Crippen LogP contribution >= 0.6 is 24.0 Å². The van der Waals surface area contributed by atoms with Gasteiger partial charge in [-0.1, -0.05) is 0 Å². The van der Waals surface area contributed by atoms with Crippen molar-refractivity contribution in [1.82, 2.24) is 0 Å². The zero-order chi connectivity index (χ0) is 6.78. The lowest BCUT2D eigenvalue weighted by Crippen LogP contribution is -2.32. The van der Waals surface area contributed by atoms with Crippen LogP contribution < -0.4 is 5.73 Å². The maximum Gasteiger partial charge on any atom is 0.224 e. The third kappa shape index (κ3) is 3.60. The minimum atomic E-state index is -0.554. The summed E-state index contributed by atoms with van der Waals surface area (Å²) in [6.45, 7) is 3.42. The van der Waals surface area contributed by atoms with Gasteiger partial charge in [0.15, 0.2) is 0 Å².